The largest absolute Gasteiger partial charge is 0.496 e. The molecular formula is C15H18BrNO2. The van der Waals surface area contributed by atoms with Gasteiger partial charge in [0.2, 0.25) is 0 Å². The first-order valence-corrected chi connectivity index (χ1v) is 7.08. The van der Waals surface area contributed by atoms with E-state index < -0.39 is 0 Å². The number of ether oxygens (including phenoxy) is 1. The maximum absolute atomic E-state index is 5.69. The normalized spacial score (nSPS) is 12.4. The van der Waals surface area contributed by atoms with Crippen molar-refractivity contribution in [2.24, 2.45) is 0 Å². The second kappa shape index (κ2) is 6.26. The molecule has 102 valence electrons. The third kappa shape index (κ3) is 3.19. The van der Waals surface area contributed by atoms with Crippen LogP contribution in [0.1, 0.15) is 29.9 Å². The van der Waals surface area contributed by atoms with Crippen LogP contribution in [0.25, 0.3) is 0 Å². The van der Waals surface area contributed by atoms with Gasteiger partial charge in [-0.1, -0.05) is 24.6 Å². The highest BCUT2D eigenvalue weighted by Crippen LogP contribution is 2.32. The molecular weight excluding hydrogens is 306 g/mol. The zero-order valence-corrected chi connectivity index (χ0v) is 13.0. The third-order valence-electron chi connectivity index (χ3n) is 2.98. The lowest BCUT2D eigenvalue weighted by Gasteiger charge is -2.19. The lowest BCUT2D eigenvalue weighted by molar-refractivity contribution is 0.391. The van der Waals surface area contributed by atoms with Crippen molar-refractivity contribution in [3.63, 3.8) is 0 Å². The highest BCUT2D eigenvalue weighted by molar-refractivity contribution is 9.10. The summed E-state index contributed by atoms with van der Waals surface area (Å²) in [7, 11) is 1.69. The Labute approximate surface area is 122 Å². The molecule has 0 aliphatic carbocycles. The smallest absolute Gasteiger partial charge is 0.169 e. The molecule has 0 aliphatic rings. The molecule has 0 spiro atoms. The Morgan fingerprint density at radius 2 is 2.11 bits per heavy atom. The molecule has 0 saturated heterocycles. The van der Waals surface area contributed by atoms with E-state index in [9.17, 15) is 0 Å². The standard InChI is InChI=1S/C15H18BrNO2/c1-4-17-15(13-7-8-14(16)19-13)11-9-10(2)5-6-12(11)18-3/h5-9,15,17H,4H2,1-3H3. The minimum Gasteiger partial charge on any atom is -0.496 e. The summed E-state index contributed by atoms with van der Waals surface area (Å²) in [4.78, 5) is 0. The maximum Gasteiger partial charge on any atom is 0.169 e. The van der Waals surface area contributed by atoms with Gasteiger partial charge in [-0.3, -0.25) is 0 Å². The molecule has 2 rings (SSSR count). The highest BCUT2D eigenvalue weighted by Gasteiger charge is 2.20. The summed E-state index contributed by atoms with van der Waals surface area (Å²) in [5, 5.41) is 3.44. The average molecular weight is 324 g/mol. The van der Waals surface area contributed by atoms with Crippen molar-refractivity contribution in [3.8, 4) is 5.75 Å². The number of halogens is 1. The molecule has 0 amide bonds. The number of furan rings is 1. The van der Waals surface area contributed by atoms with E-state index in [0.717, 1.165) is 28.3 Å². The molecule has 1 atom stereocenters. The number of hydrogen-bond acceptors (Lipinski definition) is 3. The van der Waals surface area contributed by atoms with Gasteiger partial charge >= 0.3 is 0 Å². The molecule has 0 fully saturated rings. The predicted octanol–water partition coefficient (Wildman–Crippen LogP) is 4.06. The Morgan fingerprint density at radius 1 is 1.32 bits per heavy atom. The first-order valence-electron chi connectivity index (χ1n) is 6.29. The quantitative estimate of drug-likeness (QED) is 0.901. The molecule has 2 aromatic rings. The molecule has 1 N–H and O–H groups in total. The summed E-state index contributed by atoms with van der Waals surface area (Å²) in [5.74, 6) is 1.74. The molecule has 1 heterocycles. The van der Waals surface area contributed by atoms with Gasteiger partial charge in [0.1, 0.15) is 11.5 Å². The van der Waals surface area contributed by atoms with Crippen molar-refractivity contribution in [2.45, 2.75) is 19.9 Å². The second-order valence-corrected chi connectivity index (χ2v) is 5.16. The van der Waals surface area contributed by atoms with E-state index in [4.69, 9.17) is 9.15 Å². The number of rotatable bonds is 5. The third-order valence-corrected chi connectivity index (χ3v) is 3.41. The Hall–Kier alpha value is -1.26. The Morgan fingerprint density at radius 3 is 2.68 bits per heavy atom. The van der Waals surface area contributed by atoms with Crippen molar-refractivity contribution in [1.82, 2.24) is 5.32 Å². The van der Waals surface area contributed by atoms with Crippen LogP contribution in [-0.2, 0) is 0 Å². The van der Waals surface area contributed by atoms with Crippen LogP contribution in [0.3, 0.4) is 0 Å². The van der Waals surface area contributed by atoms with Crippen LogP contribution in [0.15, 0.2) is 39.4 Å². The van der Waals surface area contributed by atoms with Crippen molar-refractivity contribution in [2.75, 3.05) is 13.7 Å². The first-order chi connectivity index (χ1) is 9.15. The molecule has 19 heavy (non-hydrogen) atoms. The van der Waals surface area contributed by atoms with Crippen LogP contribution in [0, 0.1) is 6.92 Å². The molecule has 0 bridgehead atoms. The van der Waals surface area contributed by atoms with E-state index in [0.29, 0.717) is 0 Å². The fraction of sp³-hybridized carbons (Fsp3) is 0.333. The van der Waals surface area contributed by atoms with Gasteiger partial charge in [0, 0.05) is 5.56 Å². The maximum atomic E-state index is 5.69. The topological polar surface area (TPSA) is 34.4 Å². The summed E-state index contributed by atoms with van der Waals surface area (Å²) in [5.41, 5.74) is 2.29. The zero-order chi connectivity index (χ0) is 13.8. The van der Waals surface area contributed by atoms with Crippen LogP contribution in [0.2, 0.25) is 0 Å². The Bertz CT molecular complexity index is 551. The summed E-state index contributed by atoms with van der Waals surface area (Å²) >= 11 is 3.35. The molecule has 1 aromatic carbocycles. The van der Waals surface area contributed by atoms with Gasteiger partial charge < -0.3 is 14.5 Å². The van der Waals surface area contributed by atoms with E-state index in [-0.39, 0.29) is 6.04 Å². The molecule has 0 aliphatic heterocycles. The minimum absolute atomic E-state index is 0.00819. The zero-order valence-electron chi connectivity index (χ0n) is 11.4. The van der Waals surface area contributed by atoms with E-state index in [1.165, 1.54) is 5.56 Å². The van der Waals surface area contributed by atoms with Gasteiger partial charge in [0.25, 0.3) is 0 Å². The number of aryl methyl sites for hydroxylation is 1. The number of methoxy groups -OCH3 is 1. The van der Waals surface area contributed by atoms with Crippen LogP contribution < -0.4 is 10.1 Å². The van der Waals surface area contributed by atoms with Gasteiger partial charge in [-0.05, 0) is 47.6 Å². The summed E-state index contributed by atoms with van der Waals surface area (Å²) in [6, 6.07) is 10.0. The van der Waals surface area contributed by atoms with Crippen molar-refractivity contribution in [1.29, 1.82) is 0 Å². The predicted molar refractivity (Wildman–Crippen MR) is 79.7 cm³/mol. The van der Waals surface area contributed by atoms with Crippen molar-refractivity contribution >= 4 is 15.9 Å². The molecule has 3 nitrogen and oxygen atoms in total. The average Bonchev–Trinajstić information content (AvgIpc) is 2.82. The molecule has 1 aromatic heterocycles. The first kappa shape index (κ1) is 14.2. The lowest BCUT2D eigenvalue weighted by Crippen LogP contribution is -2.22. The van der Waals surface area contributed by atoms with Crippen LogP contribution in [0.5, 0.6) is 5.75 Å². The highest BCUT2D eigenvalue weighted by atomic mass is 79.9. The van der Waals surface area contributed by atoms with Gasteiger partial charge in [-0.2, -0.15) is 0 Å². The molecule has 4 heteroatoms. The summed E-state index contributed by atoms with van der Waals surface area (Å²) < 4.78 is 11.9. The number of hydrogen-bond donors (Lipinski definition) is 1. The minimum atomic E-state index is -0.00819. The van der Waals surface area contributed by atoms with Gasteiger partial charge in [0.05, 0.1) is 13.2 Å². The van der Waals surface area contributed by atoms with Gasteiger partial charge in [-0.25, -0.2) is 0 Å². The monoisotopic (exact) mass is 323 g/mol. The van der Waals surface area contributed by atoms with Crippen LogP contribution >= 0.6 is 15.9 Å². The lowest BCUT2D eigenvalue weighted by atomic mass is 10.0. The van der Waals surface area contributed by atoms with Crippen LogP contribution in [0.4, 0.5) is 0 Å². The molecule has 1 unspecified atom stereocenters. The Kier molecular flexibility index (Phi) is 4.66. The van der Waals surface area contributed by atoms with E-state index >= 15 is 0 Å². The second-order valence-electron chi connectivity index (χ2n) is 4.38. The van der Waals surface area contributed by atoms with E-state index in [2.05, 4.69) is 41.2 Å². The van der Waals surface area contributed by atoms with Crippen molar-refractivity contribution < 1.29 is 9.15 Å². The van der Waals surface area contributed by atoms with Crippen molar-refractivity contribution in [3.05, 3.63) is 51.9 Å². The van der Waals surface area contributed by atoms with Gasteiger partial charge in [0.15, 0.2) is 4.67 Å². The van der Waals surface area contributed by atoms with Crippen LogP contribution in [-0.4, -0.2) is 13.7 Å². The van der Waals surface area contributed by atoms with Gasteiger partial charge in [-0.15, -0.1) is 0 Å². The number of nitrogens with one attached hydrogen (secondary N) is 1. The molecule has 0 saturated carbocycles. The summed E-state index contributed by atoms with van der Waals surface area (Å²) in [6.07, 6.45) is 0. The van der Waals surface area contributed by atoms with E-state index in [1.54, 1.807) is 7.11 Å². The Balaban J connectivity index is 2.46. The fourth-order valence-corrected chi connectivity index (χ4v) is 2.45. The SMILES string of the molecule is CCNC(c1ccc(Br)o1)c1cc(C)ccc1OC. The fourth-order valence-electron chi connectivity index (χ4n) is 2.13. The van der Waals surface area contributed by atoms with E-state index in [1.807, 2.05) is 24.3 Å². The molecule has 0 radical (unpaired) electrons. The summed E-state index contributed by atoms with van der Waals surface area (Å²) in [6.45, 7) is 5.00. The number of benzene rings is 1.